The third-order valence-corrected chi connectivity index (χ3v) is 8.59. The summed E-state index contributed by atoms with van der Waals surface area (Å²) in [4.78, 5) is 28.6. The molecule has 5 rings (SSSR count). The van der Waals surface area contributed by atoms with Crippen molar-refractivity contribution in [2.24, 2.45) is 0 Å². The lowest BCUT2D eigenvalue weighted by atomic mass is 9.69. The molecule has 3 heterocycles. The van der Waals surface area contributed by atoms with E-state index in [4.69, 9.17) is 17.0 Å². The summed E-state index contributed by atoms with van der Waals surface area (Å²) < 4.78 is 5.35. The minimum absolute atomic E-state index is 0.0853. The zero-order chi connectivity index (χ0) is 24.3. The molecule has 2 aromatic rings. The van der Waals surface area contributed by atoms with E-state index in [2.05, 4.69) is 44.7 Å². The number of rotatable bonds is 4. The smallest absolute Gasteiger partial charge is 0.298 e. The van der Waals surface area contributed by atoms with E-state index < -0.39 is 0 Å². The summed E-state index contributed by atoms with van der Waals surface area (Å²) in [5.74, 6) is 0.285. The van der Waals surface area contributed by atoms with E-state index in [1.165, 1.54) is 33.5 Å². The lowest BCUT2D eigenvalue weighted by Gasteiger charge is -2.48. The number of carbonyl (C=O) groups is 2. The van der Waals surface area contributed by atoms with E-state index in [0.29, 0.717) is 27.1 Å². The van der Waals surface area contributed by atoms with Gasteiger partial charge < -0.3 is 9.64 Å². The highest BCUT2D eigenvalue weighted by molar-refractivity contribution is 8.27. The molecule has 1 fully saturated rings. The highest BCUT2D eigenvalue weighted by atomic mass is 32.2. The van der Waals surface area contributed by atoms with Crippen molar-refractivity contribution in [2.45, 2.75) is 51.4 Å². The number of nitrogens with zero attached hydrogens (tertiary/aromatic N) is 2. The number of anilines is 2. The number of carbonyl (C=O) groups excluding carboxylic acids is 2. The second-order valence-electron chi connectivity index (χ2n) is 10.4. The van der Waals surface area contributed by atoms with Crippen LogP contribution < -0.4 is 14.5 Å². The number of thioether (sulfide) groups is 1. The SMILES string of the molecule is CC1(C)CCN2CCC(C)(C)c3cc(C=C4SC(=S)N(c5ccc(OC=O)cc5)C4=O)cc1c32. The quantitative estimate of drug-likeness (QED) is 0.306. The normalized spacial score (nSPS) is 21.6. The molecule has 5 nitrogen and oxygen atoms in total. The van der Waals surface area contributed by atoms with E-state index >= 15 is 0 Å². The minimum atomic E-state index is -0.134. The predicted molar refractivity (Wildman–Crippen MR) is 143 cm³/mol. The maximum absolute atomic E-state index is 13.3. The van der Waals surface area contributed by atoms with Gasteiger partial charge in [-0.05, 0) is 82.8 Å². The van der Waals surface area contributed by atoms with Gasteiger partial charge in [0.2, 0.25) is 0 Å². The van der Waals surface area contributed by atoms with Crippen LogP contribution in [0.4, 0.5) is 11.4 Å². The topological polar surface area (TPSA) is 49.9 Å². The van der Waals surface area contributed by atoms with Gasteiger partial charge in [-0.3, -0.25) is 14.5 Å². The van der Waals surface area contributed by atoms with Crippen LogP contribution in [0.25, 0.3) is 6.08 Å². The van der Waals surface area contributed by atoms with Gasteiger partial charge in [-0.2, -0.15) is 0 Å². The molecular weight excluding hydrogens is 464 g/mol. The Labute approximate surface area is 210 Å². The Morgan fingerprint density at radius 3 is 2.15 bits per heavy atom. The highest BCUT2D eigenvalue weighted by Crippen LogP contribution is 2.50. The van der Waals surface area contributed by atoms with Crippen molar-refractivity contribution < 1.29 is 14.3 Å². The monoisotopic (exact) mass is 492 g/mol. The Morgan fingerprint density at radius 2 is 1.59 bits per heavy atom. The van der Waals surface area contributed by atoms with Gasteiger partial charge in [0.05, 0.1) is 10.6 Å². The first-order valence-corrected chi connectivity index (χ1v) is 12.8. The fraction of sp³-hybridized carbons (Fsp3) is 0.370. The van der Waals surface area contributed by atoms with Crippen molar-refractivity contribution in [1.29, 1.82) is 0 Å². The van der Waals surface area contributed by atoms with E-state index in [1.807, 2.05) is 6.08 Å². The third-order valence-electron chi connectivity index (χ3n) is 7.29. The molecule has 34 heavy (non-hydrogen) atoms. The van der Waals surface area contributed by atoms with Gasteiger partial charge in [0.25, 0.3) is 12.4 Å². The van der Waals surface area contributed by atoms with Crippen molar-refractivity contribution >= 4 is 58.1 Å². The lowest BCUT2D eigenvalue weighted by molar-refractivity contribution is -0.120. The molecule has 0 saturated carbocycles. The van der Waals surface area contributed by atoms with E-state index in [9.17, 15) is 9.59 Å². The first-order valence-electron chi connectivity index (χ1n) is 11.5. The number of amides is 1. The molecule has 0 aromatic heterocycles. The molecule has 7 heteroatoms. The van der Waals surface area contributed by atoms with Crippen LogP contribution in [0.2, 0.25) is 0 Å². The maximum atomic E-state index is 13.3. The van der Waals surface area contributed by atoms with Gasteiger partial charge in [0.15, 0.2) is 4.32 Å². The van der Waals surface area contributed by atoms with Gasteiger partial charge in [0, 0.05) is 18.8 Å². The van der Waals surface area contributed by atoms with Crippen molar-refractivity contribution in [3.8, 4) is 5.75 Å². The largest absolute Gasteiger partial charge is 0.429 e. The molecule has 2 aromatic carbocycles. The van der Waals surface area contributed by atoms with Crippen LogP contribution >= 0.6 is 24.0 Å². The average molecular weight is 493 g/mol. The molecule has 3 aliphatic heterocycles. The first kappa shape index (κ1) is 23.1. The van der Waals surface area contributed by atoms with Crippen LogP contribution in [-0.2, 0) is 20.4 Å². The van der Waals surface area contributed by atoms with Gasteiger partial charge in [-0.15, -0.1) is 0 Å². The van der Waals surface area contributed by atoms with Crippen LogP contribution in [0.5, 0.6) is 5.75 Å². The Kier molecular flexibility index (Phi) is 5.60. The van der Waals surface area contributed by atoms with Crippen LogP contribution in [0, 0.1) is 0 Å². The number of hydrogen-bond donors (Lipinski definition) is 0. The minimum Gasteiger partial charge on any atom is -0.429 e. The Bertz CT molecular complexity index is 1190. The molecule has 176 valence electrons. The van der Waals surface area contributed by atoms with Crippen molar-refractivity contribution in [2.75, 3.05) is 22.9 Å². The van der Waals surface area contributed by atoms with E-state index in [1.54, 1.807) is 24.3 Å². The zero-order valence-electron chi connectivity index (χ0n) is 19.9. The van der Waals surface area contributed by atoms with Gasteiger partial charge in [0.1, 0.15) is 5.75 Å². The molecular formula is C27H28N2O3S2. The van der Waals surface area contributed by atoms with Gasteiger partial charge in [-0.1, -0.05) is 51.7 Å². The standard InChI is InChI=1S/C27H28N2O3S2/c1-26(2)9-11-28-12-10-27(3,4)21-14-17(13-20(26)23(21)28)15-22-24(31)29(25(33)34-22)18-5-7-19(8-6-18)32-16-30/h5-8,13-16H,9-12H2,1-4H3. The summed E-state index contributed by atoms with van der Waals surface area (Å²) in [5.41, 5.74) is 6.02. The van der Waals surface area contributed by atoms with Crippen LogP contribution in [0.3, 0.4) is 0 Å². The molecule has 1 amide bonds. The number of benzene rings is 2. The molecule has 0 bridgehead atoms. The van der Waals surface area contributed by atoms with Crippen LogP contribution in [-0.4, -0.2) is 29.8 Å². The number of ether oxygens (including phenoxy) is 1. The highest BCUT2D eigenvalue weighted by Gasteiger charge is 2.40. The Balaban J connectivity index is 1.53. The fourth-order valence-electron chi connectivity index (χ4n) is 5.12. The van der Waals surface area contributed by atoms with Crippen molar-refractivity contribution in [3.05, 3.63) is 58.0 Å². The van der Waals surface area contributed by atoms with E-state index in [0.717, 1.165) is 31.5 Å². The average Bonchev–Trinajstić information content (AvgIpc) is 3.06. The molecule has 0 N–H and O–H groups in total. The molecule has 0 radical (unpaired) electrons. The predicted octanol–water partition coefficient (Wildman–Crippen LogP) is 5.80. The summed E-state index contributed by atoms with van der Waals surface area (Å²) in [6, 6.07) is 11.3. The second kappa shape index (κ2) is 8.24. The molecule has 1 saturated heterocycles. The summed E-state index contributed by atoms with van der Waals surface area (Å²) in [6.07, 6.45) is 4.23. The molecule has 3 aliphatic rings. The lowest BCUT2D eigenvalue weighted by Crippen LogP contribution is -2.44. The maximum Gasteiger partial charge on any atom is 0.298 e. The summed E-state index contributed by atoms with van der Waals surface area (Å²) in [5, 5.41) is 0. The number of thiocarbonyl (C=S) groups is 1. The Morgan fingerprint density at radius 1 is 1.00 bits per heavy atom. The molecule has 0 spiro atoms. The van der Waals surface area contributed by atoms with Crippen molar-refractivity contribution in [1.82, 2.24) is 0 Å². The summed E-state index contributed by atoms with van der Waals surface area (Å²) in [6.45, 7) is 11.9. The van der Waals surface area contributed by atoms with E-state index in [-0.39, 0.29) is 16.7 Å². The fourth-order valence-corrected chi connectivity index (χ4v) is 6.42. The number of hydrogen-bond acceptors (Lipinski definition) is 6. The molecule has 0 atom stereocenters. The molecule has 0 aliphatic carbocycles. The Hall–Kier alpha value is -2.64. The summed E-state index contributed by atoms with van der Waals surface area (Å²) in [7, 11) is 0. The van der Waals surface area contributed by atoms with Crippen LogP contribution in [0.15, 0.2) is 41.3 Å². The van der Waals surface area contributed by atoms with Crippen molar-refractivity contribution in [3.63, 3.8) is 0 Å². The second-order valence-corrected chi connectivity index (χ2v) is 12.1. The molecule has 0 unspecified atom stereocenters. The zero-order valence-corrected chi connectivity index (χ0v) is 21.5. The van der Waals surface area contributed by atoms with Crippen LogP contribution in [0.1, 0.15) is 57.2 Å². The van der Waals surface area contributed by atoms with Gasteiger partial charge >= 0.3 is 0 Å². The third kappa shape index (κ3) is 3.85. The summed E-state index contributed by atoms with van der Waals surface area (Å²) >= 11 is 6.88. The van der Waals surface area contributed by atoms with Gasteiger partial charge in [-0.25, -0.2) is 0 Å². The first-order chi connectivity index (χ1) is 16.1.